The van der Waals surface area contributed by atoms with Gasteiger partial charge >= 0.3 is 0 Å². The second kappa shape index (κ2) is 3.31. The maximum atomic E-state index is 12.9. The molecule has 1 fully saturated rings. The molecule has 14 heavy (non-hydrogen) atoms. The highest BCUT2D eigenvalue weighted by Gasteiger charge is 2.49. The van der Waals surface area contributed by atoms with E-state index in [-0.39, 0.29) is 17.3 Å². The Kier molecular flexibility index (Phi) is 2.40. The molecule has 1 aliphatic rings. The number of aliphatic hydroxyl groups excluding tert-OH is 1. The fourth-order valence-electron chi connectivity index (χ4n) is 1.94. The quantitative estimate of drug-likeness (QED) is 0.865. The summed E-state index contributed by atoms with van der Waals surface area (Å²) in [4.78, 5) is 0. The molecule has 1 aliphatic carbocycles. The first-order valence-corrected chi connectivity index (χ1v) is 5.49. The van der Waals surface area contributed by atoms with Crippen LogP contribution in [-0.2, 0) is 5.41 Å². The first-order chi connectivity index (χ1) is 6.56. The second-order valence-corrected chi connectivity index (χ2v) is 4.81. The summed E-state index contributed by atoms with van der Waals surface area (Å²) >= 11 is 3.34. The van der Waals surface area contributed by atoms with E-state index in [1.807, 2.05) is 0 Å². The summed E-state index contributed by atoms with van der Waals surface area (Å²) in [6, 6.07) is 4.67. The number of hydrogen-bond donors (Lipinski definition) is 1. The van der Waals surface area contributed by atoms with Crippen molar-refractivity contribution in [3.8, 4) is 0 Å². The maximum Gasteiger partial charge on any atom is 0.124 e. The van der Waals surface area contributed by atoms with Gasteiger partial charge in [-0.05, 0) is 37.5 Å². The minimum Gasteiger partial charge on any atom is -0.392 e. The van der Waals surface area contributed by atoms with Gasteiger partial charge in [-0.3, -0.25) is 0 Å². The highest BCUT2D eigenvalue weighted by Crippen LogP contribution is 2.52. The average Bonchev–Trinajstić information content (AvgIpc) is 2.84. The smallest absolute Gasteiger partial charge is 0.124 e. The Morgan fingerprint density at radius 3 is 2.57 bits per heavy atom. The van der Waals surface area contributed by atoms with E-state index < -0.39 is 0 Å². The minimum absolute atomic E-state index is 0.132. The third-order valence-corrected chi connectivity index (χ3v) is 3.71. The van der Waals surface area contributed by atoms with Crippen LogP contribution in [-0.4, -0.2) is 11.2 Å². The molecule has 1 aromatic rings. The molecular weight excluding hydrogens is 247 g/mol. The van der Waals surface area contributed by atoms with Gasteiger partial charge in [-0.2, -0.15) is 0 Å². The van der Waals surface area contributed by atoms with Crippen LogP contribution in [0.25, 0.3) is 0 Å². The second-order valence-electron chi connectivity index (χ2n) is 3.96. The molecule has 3 heteroatoms. The van der Waals surface area contributed by atoms with Crippen molar-refractivity contribution in [1.29, 1.82) is 0 Å². The summed E-state index contributed by atoms with van der Waals surface area (Å²) in [5.74, 6) is -0.248. The van der Waals surface area contributed by atoms with Gasteiger partial charge in [-0.1, -0.05) is 22.0 Å². The molecule has 0 radical (unpaired) electrons. The lowest BCUT2D eigenvalue weighted by molar-refractivity contribution is 0.150. The van der Waals surface area contributed by atoms with Gasteiger partial charge in [0.1, 0.15) is 5.82 Å². The van der Waals surface area contributed by atoms with Gasteiger partial charge in [-0.25, -0.2) is 4.39 Å². The van der Waals surface area contributed by atoms with Crippen LogP contribution in [0, 0.1) is 5.82 Å². The largest absolute Gasteiger partial charge is 0.392 e. The van der Waals surface area contributed by atoms with E-state index in [0.717, 1.165) is 22.9 Å². The number of halogens is 2. The van der Waals surface area contributed by atoms with Gasteiger partial charge in [0.15, 0.2) is 0 Å². The molecule has 1 saturated carbocycles. The molecule has 1 atom stereocenters. The van der Waals surface area contributed by atoms with Gasteiger partial charge in [-0.15, -0.1) is 0 Å². The SMILES string of the molecule is CC(O)C1(c2ccc(F)cc2Br)CC1. The Bertz CT molecular complexity index is 358. The fraction of sp³-hybridized carbons (Fsp3) is 0.455. The first-order valence-electron chi connectivity index (χ1n) is 4.70. The van der Waals surface area contributed by atoms with Crippen molar-refractivity contribution in [2.75, 3.05) is 0 Å². The van der Waals surface area contributed by atoms with E-state index in [0.29, 0.717) is 0 Å². The zero-order valence-corrected chi connectivity index (χ0v) is 9.51. The summed E-state index contributed by atoms with van der Waals surface area (Å²) in [7, 11) is 0. The normalized spacial score (nSPS) is 20.6. The van der Waals surface area contributed by atoms with Crippen molar-refractivity contribution in [2.45, 2.75) is 31.3 Å². The van der Waals surface area contributed by atoms with Gasteiger partial charge < -0.3 is 5.11 Å². The zero-order chi connectivity index (χ0) is 10.3. The highest BCUT2D eigenvalue weighted by molar-refractivity contribution is 9.10. The molecule has 0 saturated heterocycles. The molecule has 1 unspecified atom stereocenters. The molecule has 0 bridgehead atoms. The Morgan fingerprint density at radius 2 is 2.14 bits per heavy atom. The van der Waals surface area contributed by atoms with Crippen molar-refractivity contribution < 1.29 is 9.50 Å². The van der Waals surface area contributed by atoms with Crippen molar-refractivity contribution >= 4 is 15.9 Å². The van der Waals surface area contributed by atoms with E-state index in [2.05, 4.69) is 15.9 Å². The Morgan fingerprint density at radius 1 is 1.50 bits per heavy atom. The van der Waals surface area contributed by atoms with Crippen molar-refractivity contribution in [3.63, 3.8) is 0 Å². The molecule has 1 nitrogen and oxygen atoms in total. The van der Waals surface area contributed by atoms with Crippen LogP contribution in [0.2, 0.25) is 0 Å². The summed E-state index contributed by atoms with van der Waals surface area (Å²) in [5.41, 5.74) is 0.890. The topological polar surface area (TPSA) is 20.2 Å². The van der Waals surface area contributed by atoms with Crippen LogP contribution in [0.1, 0.15) is 25.3 Å². The van der Waals surface area contributed by atoms with Crippen LogP contribution < -0.4 is 0 Å². The van der Waals surface area contributed by atoms with E-state index in [1.165, 1.54) is 12.1 Å². The number of benzene rings is 1. The Hall–Kier alpha value is -0.410. The molecule has 0 spiro atoms. The molecular formula is C11H12BrFO. The van der Waals surface area contributed by atoms with Crippen LogP contribution in [0.15, 0.2) is 22.7 Å². The minimum atomic E-state index is -0.371. The molecule has 1 aromatic carbocycles. The Labute approximate surface area is 91.1 Å². The van der Waals surface area contributed by atoms with Crippen molar-refractivity contribution in [1.82, 2.24) is 0 Å². The molecule has 0 heterocycles. The van der Waals surface area contributed by atoms with Gasteiger partial charge in [0.25, 0.3) is 0 Å². The summed E-state index contributed by atoms with van der Waals surface area (Å²) < 4.78 is 13.6. The predicted octanol–water partition coefficient (Wildman–Crippen LogP) is 3.00. The van der Waals surface area contributed by atoms with Crippen molar-refractivity contribution in [3.05, 3.63) is 34.1 Å². The fourth-order valence-corrected chi connectivity index (χ4v) is 2.69. The maximum absolute atomic E-state index is 12.9. The van der Waals surface area contributed by atoms with Crippen LogP contribution >= 0.6 is 15.9 Å². The van der Waals surface area contributed by atoms with E-state index in [9.17, 15) is 9.50 Å². The molecule has 1 N–H and O–H groups in total. The van der Waals surface area contributed by atoms with E-state index in [4.69, 9.17) is 0 Å². The lowest BCUT2D eigenvalue weighted by atomic mass is 9.91. The molecule has 0 aromatic heterocycles. The summed E-state index contributed by atoms with van der Waals surface area (Å²) in [6.07, 6.45) is 1.59. The van der Waals surface area contributed by atoms with Gasteiger partial charge in [0.2, 0.25) is 0 Å². The standard InChI is InChI=1S/C11H12BrFO/c1-7(14)11(4-5-11)9-3-2-8(13)6-10(9)12/h2-3,6-7,14H,4-5H2,1H3. The monoisotopic (exact) mass is 258 g/mol. The average molecular weight is 259 g/mol. The zero-order valence-electron chi connectivity index (χ0n) is 7.93. The lowest BCUT2D eigenvalue weighted by Crippen LogP contribution is -2.22. The third kappa shape index (κ3) is 1.48. The van der Waals surface area contributed by atoms with Crippen LogP contribution in [0.4, 0.5) is 4.39 Å². The molecule has 76 valence electrons. The van der Waals surface area contributed by atoms with Gasteiger partial charge in [0, 0.05) is 9.89 Å². The molecule has 2 rings (SSSR count). The van der Waals surface area contributed by atoms with Crippen LogP contribution in [0.5, 0.6) is 0 Å². The summed E-state index contributed by atoms with van der Waals surface area (Å²) in [5, 5.41) is 9.68. The first kappa shape index (κ1) is 10.1. The molecule has 0 aliphatic heterocycles. The molecule has 0 amide bonds. The van der Waals surface area contributed by atoms with E-state index >= 15 is 0 Å². The Balaban J connectivity index is 2.42. The lowest BCUT2D eigenvalue weighted by Gasteiger charge is -2.20. The summed E-state index contributed by atoms with van der Waals surface area (Å²) in [6.45, 7) is 1.79. The number of hydrogen-bond acceptors (Lipinski definition) is 1. The highest BCUT2D eigenvalue weighted by atomic mass is 79.9. The number of rotatable bonds is 2. The van der Waals surface area contributed by atoms with E-state index in [1.54, 1.807) is 13.0 Å². The number of aliphatic hydroxyl groups is 1. The third-order valence-electron chi connectivity index (χ3n) is 3.06. The predicted molar refractivity (Wildman–Crippen MR) is 56.7 cm³/mol. The van der Waals surface area contributed by atoms with Crippen molar-refractivity contribution in [2.24, 2.45) is 0 Å². The van der Waals surface area contributed by atoms with Gasteiger partial charge in [0.05, 0.1) is 6.10 Å². The van der Waals surface area contributed by atoms with Crippen LogP contribution in [0.3, 0.4) is 0 Å².